The minimum atomic E-state index is 0.292. The summed E-state index contributed by atoms with van der Waals surface area (Å²) in [6.45, 7) is 9.86. The minimum Gasteiger partial charge on any atom is -0.314 e. The van der Waals surface area contributed by atoms with E-state index in [4.69, 9.17) is 23.2 Å². The van der Waals surface area contributed by atoms with Crippen LogP contribution in [0.1, 0.15) is 39.7 Å². The Morgan fingerprint density at radius 2 is 1.72 bits per heavy atom. The van der Waals surface area contributed by atoms with E-state index in [1.54, 1.807) is 0 Å². The maximum Gasteiger partial charge on any atom is 0.0453 e. The molecule has 0 spiro atoms. The van der Waals surface area contributed by atoms with E-state index in [9.17, 15) is 0 Å². The van der Waals surface area contributed by atoms with Crippen molar-refractivity contribution in [3.05, 3.63) is 33.8 Å². The van der Waals surface area contributed by atoms with Crippen LogP contribution in [0.15, 0.2) is 18.2 Å². The third-order valence-electron chi connectivity index (χ3n) is 2.86. The zero-order chi connectivity index (χ0) is 13.8. The Morgan fingerprint density at radius 1 is 1.17 bits per heavy atom. The van der Waals surface area contributed by atoms with Crippen LogP contribution >= 0.6 is 23.2 Å². The van der Waals surface area contributed by atoms with Gasteiger partial charge in [-0.3, -0.25) is 0 Å². The maximum absolute atomic E-state index is 6.23. The first-order chi connectivity index (χ1) is 8.33. The molecule has 0 aromatic heterocycles. The molecule has 1 atom stereocenters. The van der Waals surface area contributed by atoms with Crippen LogP contribution in [-0.2, 0) is 6.42 Å². The van der Waals surface area contributed by atoms with Crippen LogP contribution in [-0.4, -0.2) is 12.6 Å². The Balaban J connectivity index is 2.83. The first kappa shape index (κ1) is 15.8. The maximum atomic E-state index is 6.23. The molecule has 0 saturated carbocycles. The monoisotopic (exact) mass is 287 g/mol. The molecule has 1 aromatic carbocycles. The first-order valence-electron chi connectivity index (χ1n) is 6.49. The SMILES string of the molecule is CCNC(Cc1c(Cl)cccc1Cl)CC(C)(C)C. The average Bonchev–Trinajstić information content (AvgIpc) is 2.21. The number of hydrogen-bond donors (Lipinski definition) is 1. The van der Waals surface area contributed by atoms with Gasteiger partial charge in [-0.1, -0.05) is 57.0 Å². The smallest absolute Gasteiger partial charge is 0.0453 e. The standard InChI is InChI=1S/C15H23Cl2N/c1-5-18-11(10-15(2,3)4)9-12-13(16)7-6-8-14(12)17/h6-8,11,18H,5,9-10H2,1-4H3. The van der Waals surface area contributed by atoms with Gasteiger partial charge in [-0.05, 0) is 42.5 Å². The van der Waals surface area contributed by atoms with Crippen LogP contribution in [0, 0.1) is 5.41 Å². The Kier molecular flexibility index (Phi) is 5.97. The van der Waals surface area contributed by atoms with Gasteiger partial charge < -0.3 is 5.32 Å². The van der Waals surface area contributed by atoms with E-state index in [1.807, 2.05) is 18.2 Å². The molecule has 0 amide bonds. The van der Waals surface area contributed by atoms with Crippen molar-refractivity contribution in [2.45, 2.75) is 46.6 Å². The minimum absolute atomic E-state index is 0.292. The van der Waals surface area contributed by atoms with E-state index >= 15 is 0 Å². The molecule has 1 rings (SSSR count). The molecule has 0 aliphatic carbocycles. The number of benzene rings is 1. The van der Waals surface area contributed by atoms with E-state index in [2.05, 4.69) is 33.0 Å². The topological polar surface area (TPSA) is 12.0 Å². The molecule has 0 aliphatic rings. The van der Waals surface area contributed by atoms with Gasteiger partial charge in [0.2, 0.25) is 0 Å². The van der Waals surface area contributed by atoms with Gasteiger partial charge in [-0.2, -0.15) is 0 Å². The van der Waals surface area contributed by atoms with E-state index in [-0.39, 0.29) is 0 Å². The number of halogens is 2. The van der Waals surface area contributed by atoms with Crippen LogP contribution in [0.4, 0.5) is 0 Å². The normalized spacial score (nSPS) is 13.7. The van der Waals surface area contributed by atoms with E-state index in [1.165, 1.54) is 0 Å². The van der Waals surface area contributed by atoms with Gasteiger partial charge in [0.1, 0.15) is 0 Å². The largest absolute Gasteiger partial charge is 0.314 e. The average molecular weight is 288 g/mol. The Hall–Kier alpha value is -0.240. The lowest BCUT2D eigenvalue weighted by Gasteiger charge is -2.27. The van der Waals surface area contributed by atoms with Crippen molar-refractivity contribution < 1.29 is 0 Å². The van der Waals surface area contributed by atoms with Gasteiger partial charge in [0, 0.05) is 16.1 Å². The van der Waals surface area contributed by atoms with Crippen molar-refractivity contribution >= 4 is 23.2 Å². The lowest BCUT2D eigenvalue weighted by atomic mass is 9.86. The van der Waals surface area contributed by atoms with Gasteiger partial charge in [0.15, 0.2) is 0 Å². The summed E-state index contributed by atoms with van der Waals surface area (Å²) in [4.78, 5) is 0. The van der Waals surface area contributed by atoms with Crippen LogP contribution in [0.25, 0.3) is 0 Å². The van der Waals surface area contributed by atoms with Crippen molar-refractivity contribution in [3.63, 3.8) is 0 Å². The zero-order valence-electron chi connectivity index (χ0n) is 11.7. The fourth-order valence-electron chi connectivity index (χ4n) is 2.22. The molecule has 0 heterocycles. The fourth-order valence-corrected chi connectivity index (χ4v) is 2.77. The van der Waals surface area contributed by atoms with Gasteiger partial charge in [-0.25, -0.2) is 0 Å². The van der Waals surface area contributed by atoms with Crippen molar-refractivity contribution in [1.29, 1.82) is 0 Å². The zero-order valence-corrected chi connectivity index (χ0v) is 13.2. The molecular weight excluding hydrogens is 265 g/mol. The molecule has 0 aliphatic heterocycles. The summed E-state index contributed by atoms with van der Waals surface area (Å²) < 4.78 is 0. The highest BCUT2D eigenvalue weighted by Gasteiger charge is 2.20. The highest BCUT2D eigenvalue weighted by molar-refractivity contribution is 6.35. The lowest BCUT2D eigenvalue weighted by Crippen LogP contribution is -2.34. The molecule has 102 valence electrons. The molecule has 1 unspecified atom stereocenters. The lowest BCUT2D eigenvalue weighted by molar-refractivity contribution is 0.309. The Bertz CT molecular complexity index is 362. The van der Waals surface area contributed by atoms with Crippen molar-refractivity contribution in [3.8, 4) is 0 Å². The number of likely N-dealkylation sites (N-methyl/N-ethyl adjacent to an activating group) is 1. The van der Waals surface area contributed by atoms with Crippen LogP contribution in [0.5, 0.6) is 0 Å². The molecular formula is C15H23Cl2N. The predicted octanol–water partition coefficient (Wildman–Crippen LogP) is 4.95. The third-order valence-corrected chi connectivity index (χ3v) is 3.57. The highest BCUT2D eigenvalue weighted by atomic mass is 35.5. The third kappa shape index (κ3) is 5.17. The van der Waals surface area contributed by atoms with Crippen LogP contribution in [0.2, 0.25) is 10.0 Å². The van der Waals surface area contributed by atoms with E-state index < -0.39 is 0 Å². The predicted molar refractivity (Wildman–Crippen MR) is 81.7 cm³/mol. The van der Waals surface area contributed by atoms with Crippen molar-refractivity contribution in [2.24, 2.45) is 5.41 Å². The number of nitrogens with one attached hydrogen (secondary N) is 1. The first-order valence-corrected chi connectivity index (χ1v) is 7.25. The highest BCUT2D eigenvalue weighted by Crippen LogP contribution is 2.28. The molecule has 3 heteroatoms. The summed E-state index contributed by atoms with van der Waals surface area (Å²) in [7, 11) is 0. The Morgan fingerprint density at radius 3 is 2.17 bits per heavy atom. The summed E-state index contributed by atoms with van der Waals surface area (Å²) in [5.41, 5.74) is 1.34. The number of hydrogen-bond acceptors (Lipinski definition) is 1. The second-order valence-corrected chi connectivity index (χ2v) is 6.74. The van der Waals surface area contributed by atoms with E-state index in [0.29, 0.717) is 11.5 Å². The van der Waals surface area contributed by atoms with Gasteiger partial charge in [0.05, 0.1) is 0 Å². The molecule has 18 heavy (non-hydrogen) atoms. The van der Waals surface area contributed by atoms with Gasteiger partial charge in [-0.15, -0.1) is 0 Å². The van der Waals surface area contributed by atoms with E-state index in [0.717, 1.165) is 35.0 Å². The van der Waals surface area contributed by atoms with Gasteiger partial charge >= 0.3 is 0 Å². The molecule has 1 nitrogen and oxygen atoms in total. The Labute approximate surface area is 121 Å². The van der Waals surface area contributed by atoms with Crippen molar-refractivity contribution in [2.75, 3.05) is 6.54 Å². The second-order valence-electron chi connectivity index (χ2n) is 5.92. The van der Waals surface area contributed by atoms with Crippen LogP contribution < -0.4 is 5.32 Å². The second kappa shape index (κ2) is 6.79. The van der Waals surface area contributed by atoms with Gasteiger partial charge in [0.25, 0.3) is 0 Å². The molecule has 1 N–H and O–H groups in total. The summed E-state index contributed by atoms with van der Waals surface area (Å²) in [5.74, 6) is 0. The quantitative estimate of drug-likeness (QED) is 0.808. The summed E-state index contributed by atoms with van der Waals surface area (Å²) >= 11 is 12.5. The molecule has 0 saturated heterocycles. The number of rotatable bonds is 5. The molecule has 0 bridgehead atoms. The summed E-state index contributed by atoms with van der Waals surface area (Å²) in [6.07, 6.45) is 1.98. The summed E-state index contributed by atoms with van der Waals surface area (Å²) in [6, 6.07) is 6.11. The molecule has 0 fully saturated rings. The van der Waals surface area contributed by atoms with Crippen LogP contribution in [0.3, 0.4) is 0 Å². The van der Waals surface area contributed by atoms with Crippen molar-refractivity contribution in [1.82, 2.24) is 5.32 Å². The fraction of sp³-hybridized carbons (Fsp3) is 0.600. The molecule has 0 radical (unpaired) electrons. The summed E-state index contributed by atoms with van der Waals surface area (Å²) in [5, 5.41) is 5.05. The molecule has 1 aromatic rings.